The molecule has 23 heavy (non-hydrogen) atoms. The van der Waals surface area contributed by atoms with Crippen LogP contribution in [0, 0.1) is 12.3 Å². The van der Waals surface area contributed by atoms with E-state index in [0.29, 0.717) is 6.61 Å². The lowest BCUT2D eigenvalue weighted by atomic mass is 9.87. The van der Waals surface area contributed by atoms with Crippen LogP contribution < -0.4 is 0 Å². The van der Waals surface area contributed by atoms with E-state index >= 15 is 0 Å². The van der Waals surface area contributed by atoms with E-state index in [2.05, 4.69) is 36.7 Å². The Labute approximate surface area is 138 Å². The van der Waals surface area contributed by atoms with Crippen LogP contribution in [0.4, 0.5) is 0 Å². The van der Waals surface area contributed by atoms with E-state index in [1.807, 2.05) is 17.3 Å². The number of amides is 1. The number of likely N-dealkylation sites (tertiary alicyclic amines) is 1. The van der Waals surface area contributed by atoms with Crippen molar-refractivity contribution in [3.63, 3.8) is 0 Å². The predicted molar refractivity (Wildman–Crippen MR) is 89.0 cm³/mol. The minimum atomic E-state index is 0.0771. The van der Waals surface area contributed by atoms with Crippen LogP contribution in [0.15, 0.2) is 18.5 Å². The number of nitrogens with zero attached hydrogens (tertiary/aromatic N) is 3. The van der Waals surface area contributed by atoms with E-state index in [1.54, 1.807) is 0 Å². The Morgan fingerprint density at radius 1 is 1.35 bits per heavy atom. The molecule has 2 aliphatic heterocycles. The van der Waals surface area contributed by atoms with Gasteiger partial charge in [0.05, 0.1) is 6.61 Å². The van der Waals surface area contributed by atoms with Gasteiger partial charge in [0.2, 0.25) is 5.91 Å². The lowest BCUT2D eigenvalue weighted by Crippen LogP contribution is -2.45. The second-order valence-electron chi connectivity index (χ2n) is 7.44. The largest absolute Gasteiger partial charge is 0.371 e. The smallest absolute Gasteiger partial charge is 0.248 e. The second-order valence-corrected chi connectivity index (χ2v) is 7.44. The zero-order chi connectivity index (χ0) is 16.4. The molecule has 5 nitrogen and oxygen atoms in total. The van der Waals surface area contributed by atoms with Crippen LogP contribution >= 0.6 is 0 Å². The molecule has 1 aromatic rings. The molecule has 0 saturated carbocycles. The van der Waals surface area contributed by atoms with Crippen LogP contribution in [0.5, 0.6) is 0 Å². The Morgan fingerprint density at radius 2 is 2.17 bits per heavy atom. The van der Waals surface area contributed by atoms with Crippen molar-refractivity contribution < 1.29 is 9.53 Å². The van der Waals surface area contributed by atoms with Gasteiger partial charge in [0.15, 0.2) is 0 Å². The molecule has 3 rings (SSSR count). The molecular weight excluding hydrogens is 290 g/mol. The molecule has 0 radical (unpaired) electrons. The molecule has 0 aromatic carbocycles. The molecule has 1 amide bonds. The van der Waals surface area contributed by atoms with Gasteiger partial charge in [0.25, 0.3) is 0 Å². The quantitative estimate of drug-likeness (QED) is 0.853. The number of carbonyl (C=O) groups is 1. The first-order valence-electron chi connectivity index (χ1n) is 8.48. The number of ether oxygens (including phenoxy) is 1. The van der Waals surface area contributed by atoms with Crippen LogP contribution in [-0.2, 0) is 16.1 Å². The van der Waals surface area contributed by atoms with Gasteiger partial charge in [-0.15, -0.1) is 0 Å². The summed E-state index contributed by atoms with van der Waals surface area (Å²) in [5, 5.41) is 0. The van der Waals surface area contributed by atoms with E-state index < -0.39 is 0 Å². The summed E-state index contributed by atoms with van der Waals surface area (Å²) in [6.07, 6.45) is 4.93. The first-order chi connectivity index (χ1) is 11.0. The third kappa shape index (κ3) is 3.72. The van der Waals surface area contributed by atoms with Crippen molar-refractivity contribution in [1.82, 2.24) is 14.8 Å². The van der Waals surface area contributed by atoms with Gasteiger partial charge >= 0.3 is 0 Å². The molecule has 2 saturated heterocycles. The summed E-state index contributed by atoms with van der Waals surface area (Å²) >= 11 is 0. The van der Waals surface area contributed by atoms with E-state index in [9.17, 15) is 4.79 Å². The third-order valence-electron chi connectivity index (χ3n) is 4.94. The number of hydrogen-bond acceptors (Lipinski definition) is 4. The fourth-order valence-electron chi connectivity index (χ4n) is 3.78. The Hall–Kier alpha value is -1.46. The van der Waals surface area contributed by atoms with Gasteiger partial charge in [-0.05, 0) is 44.9 Å². The number of rotatable bonds is 3. The molecule has 0 aliphatic carbocycles. The van der Waals surface area contributed by atoms with E-state index in [-0.39, 0.29) is 24.0 Å². The highest BCUT2D eigenvalue weighted by molar-refractivity contribution is 5.78. The molecule has 0 bridgehead atoms. The average Bonchev–Trinajstić information content (AvgIpc) is 2.79. The Balaban J connectivity index is 1.68. The number of pyridine rings is 1. The van der Waals surface area contributed by atoms with E-state index in [0.717, 1.165) is 32.6 Å². The average molecular weight is 317 g/mol. The highest BCUT2D eigenvalue weighted by atomic mass is 16.5. The third-order valence-corrected chi connectivity index (χ3v) is 4.94. The lowest BCUT2D eigenvalue weighted by molar-refractivity contribution is -0.135. The maximum absolute atomic E-state index is 12.2. The molecule has 2 fully saturated rings. The van der Waals surface area contributed by atoms with E-state index in [4.69, 9.17) is 4.74 Å². The summed E-state index contributed by atoms with van der Waals surface area (Å²) in [5.74, 6) is 0.123. The number of hydrogen-bond donors (Lipinski definition) is 0. The normalized spacial score (nSPS) is 26.3. The Bertz CT molecular complexity index is 575. The molecule has 1 atom stereocenters. The van der Waals surface area contributed by atoms with Crippen molar-refractivity contribution in [1.29, 1.82) is 0 Å². The van der Waals surface area contributed by atoms with Gasteiger partial charge in [-0.2, -0.15) is 0 Å². The summed E-state index contributed by atoms with van der Waals surface area (Å²) in [5.41, 5.74) is 2.53. The summed E-state index contributed by atoms with van der Waals surface area (Å²) in [6, 6.07) is 2.43. The van der Waals surface area contributed by atoms with Crippen molar-refractivity contribution in [3.05, 3.63) is 29.6 Å². The van der Waals surface area contributed by atoms with Gasteiger partial charge in [-0.3, -0.25) is 14.7 Å². The van der Waals surface area contributed by atoms with Gasteiger partial charge in [0, 0.05) is 43.5 Å². The molecule has 0 N–H and O–H groups in total. The van der Waals surface area contributed by atoms with Crippen LogP contribution in [0.1, 0.15) is 31.4 Å². The summed E-state index contributed by atoms with van der Waals surface area (Å²) in [7, 11) is 0. The molecule has 2 aliphatic rings. The van der Waals surface area contributed by atoms with Gasteiger partial charge < -0.3 is 9.64 Å². The summed E-state index contributed by atoms with van der Waals surface area (Å²) < 4.78 is 5.71. The highest BCUT2D eigenvalue weighted by Crippen LogP contribution is 2.34. The van der Waals surface area contributed by atoms with E-state index in [1.165, 1.54) is 11.1 Å². The molecule has 3 heterocycles. The molecule has 1 unspecified atom stereocenters. The minimum Gasteiger partial charge on any atom is -0.371 e. The first kappa shape index (κ1) is 16.4. The number of carbonyl (C=O) groups excluding carboxylic acids is 1. The van der Waals surface area contributed by atoms with Crippen LogP contribution in [0.25, 0.3) is 0 Å². The Morgan fingerprint density at radius 3 is 2.91 bits per heavy atom. The van der Waals surface area contributed by atoms with Gasteiger partial charge in [-0.25, -0.2) is 0 Å². The molecule has 1 spiro atoms. The predicted octanol–water partition coefficient (Wildman–Crippen LogP) is 1.85. The zero-order valence-corrected chi connectivity index (χ0v) is 14.4. The SMILES string of the molecule is Cc1cncc(CN2CCC3(COCC(=O)N(C(C)C)C3)C2)c1. The second kappa shape index (κ2) is 6.57. The van der Waals surface area contributed by atoms with Crippen molar-refractivity contribution >= 4 is 5.91 Å². The topological polar surface area (TPSA) is 45.7 Å². The van der Waals surface area contributed by atoms with Crippen LogP contribution in [0.3, 0.4) is 0 Å². The fourth-order valence-corrected chi connectivity index (χ4v) is 3.78. The monoisotopic (exact) mass is 317 g/mol. The maximum atomic E-state index is 12.2. The molecule has 1 aromatic heterocycles. The van der Waals surface area contributed by atoms with Crippen molar-refractivity contribution in [2.45, 2.75) is 39.8 Å². The number of aryl methyl sites for hydroxylation is 1. The molecule has 126 valence electrons. The Kier molecular flexibility index (Phi) is 4.69. The van der Waals surface area contributed by atoms with Crippen LogP contribution in [-0.4, -0.2) is 59.6 Å². The fraction of sp³-hybridized carbons (Fsp3) is 0.667. The van der Waals surface area contributed by atoms with Gasteiger partial charge in [-0.1, -0.05) is 6.07 Å². The summed E-state index contributed by atoms with van der Waals surface area (Å²) in [4.78, 5) is 20.9. The van der Waals surface area contributed by atoms with Crippen molar-refractivity contribution in [2.75, 3.05) is 32.8 Å². The highest BCUT2D eigenvalue weighted by Gasteiger charge is 2.43. The minimum absolute atomic E-state index is 0.0771. The molecule has 5 heteroatoms. The molecular formula is C18H27N3O2. The zero-order valence-electron chi connectivity index (χ0n) is 14.4. The number of aromatic nitrogens is 1. The summed E-state index contributed by atoms with van der Waals surface area (Å²) in [6.45, 7) is 10.9. The van der Waals surface area contributed by atoms with Crippen molar-refractivity contribution in [3.8, 4) is 0 Å². The standard InChI is InChI=1S/C18H27N3O2/c1-14(2)21-12-18(13-23-10-17(21)22)4-5-20(11-18)9-16-6-15(3)7-19-8-16/h6-8,14H,4-5,9-13H2,1-3H3. The first-order valence-corrected chi connectivity index (χ1v) is 8.48. The van der Waals surface area contributed by atoms with Crippen LogP contribution in [0.2, 0.25) is 0 Å². The maximum Gasteiger partial charge on any atom is 0.248 e. The van der Waals surface area contributed by atoms with Gasteiger partial charge in [0.1, 0.15) is 6.61 Å². The lowest BCUT2D eigenvalue weighted by Gasteiger charge is -2.34. The van der Waals surface area contributed by atoms with Crippen molar-refractivity contribution in [2.24, 2.45) is 5.41 Å².